The van der Waals surface area contributed by atoms with Crippen molar-refractivity contribution in [2.24, 2.45) is 11.8 Å². The summed E-state index contributed by atoms with van der Waals surface area (Å²) in [5, 5.41) is 8.71. The summed E-state index contributed by atoms with van der Waals surface area (Å²) < 4.78 is 12.1. The molecule has 4 nitrogen and oxygen atoms in total. The summed E-state index contributed by atoms with van der Waals surface area (Å²) in [5.74, 6) is 3.15. The van der Waals surface area contributed by atoms with Crippen molar-refractivity contribution in [2.45, 2.75) is 102 Å². The van der Waals surface area contributed by atoms with E-state index in [9.17, 15) is 4.79 Å². The second kappa shape index (κ2) is 11.6. The molecule has 0 saturated carbocycles. The van der Waals surface area contributed by atoms with Crippen molar-refractivity contribution in [3.8, 4) is 0 Å². The molecule has 28 heavy (non-hydrogen) atoms. The number of hydrogen-bond donors (Lipinski definition) is 1. The van der Waals surface area contributed by atoms with Crippen molar-refractivity contribution >= 4 is 17.7 Å². The van der Waals surface area contributed by atoms with E-state index in [1.165, 1.54) is 56.5 Å². The molecule has 3 rings (SSSR count). The fourth-order valence-corrected chi connectivity index (χ4v) is 5.94. The predicted molar refractivity (Wildman–Crippen MR) is 115 cm³/mol. The molecule has 0 aromatic heterocycles. The van der Waals surface area contributed by atoms with Crippen LogP contribution in [0.25, 0.3) is 0 Å². The zero-order valence-electron chi connectivity index (χ0n) is 17.4. The lowest BCUT2D eigenvalue weighted by molar-refractivity contribution is -0.137. The van der Waals surface area contributed by atoms with Crippen molar-refractivity contribution in [3.05, 3.63) is 12.2 Å². The van der Waals surface area contributed by atoms with E-state index < -0.39 is 5.97 Å². The van der Waals surface area contributed by atoms with Crippen molar-refractivity contribution in [3.63, 3.8) is 0 Å². The number of rotatable bonds is 16. The fourth-order valence-electron chi connectivity index (χ4n) is 4.92. The minimum Gasteiger partial charge on any atom is -0.481 e. The monoisotopic (exact) mass is 410 g/mol. The smallest absolute Gasteiger partial charge is 0.303 e. The molecule has 3 saturated heterocycles. The molecule has 3 heterocycles. The van der Waals surface area contributed by atoms with Gasteiger partial charge in [0.15, 0.2) is 0 Å². The van der Waals surface area contributed by atoms with E-state index in [-0.39, 0.29) is 6.42 Å². The average molecular weight is 411 g/mol. The second-order valence-corrected chi connectivity index (χ2v) is 9.84. The third-order valence-electron chi connectivity index (χ3n) is 6.47. The molecule has 3 aliphatic rings. The Labute approximate surface area is 174 Å². The highest BCUT2D eigenvalue weighted by atomic mass is 32.2. The van der Waals surface area contributed by atoms with Gasteiger partial charge in [0.1, 0.15) is 12.2 Å². The van der Waals surface area contributed by atoms with Crippen LogP contribution in [0.15, 0.2) is 12.2 Å². The largest absolute Gasteiger partial charge is 0.481 e. The first-order valence-corrected chi connectivity index (χ1v) is 12.6. The third kappa shape index (κ3) is 6.24. The first-order chi connectivity index (χ1) is 13.7. The molecule has 0 aliphatic carbocycles. The first-order valence-electron chi connectivity index (χ1n) is 11.5. The molecule has 160 valence electrons. The zero-order valence-corrected chi connectivity index (χ0v) is 18.2. The topological polar surface area (TPSA) is 59.1 Å². The van der Waals surface area contributed by atoms with Crippen LogP contribution in [0.5, 0.6) is 0 Å². The molecule has 0 radical (unpaired) electrons. The van der Waals surface area contributed by atoms with Crippen LogP contribution in [-0.2, 0) is 14.3 Å². The zero-order chi connectivity index (χ0) is 19.8. The minimum atomic E-state index is -0.703. The molecular formula is C23H38O4S. The normalized spacial score (nSPS) is 32.9. The van der Waals surface area contributed by atoms with Crippen molar-refractivity contribution in [1.29, 1.82) is 0 Å². The van der Waals surface area contributed by atoms with E-state index in [0.29, 0.717) is 36.3 Å². The van der Waals surface area contributed by atoms with Gasteiger partial charge < -0.3 is 14.6 Å². The van der Waals surface area contributed by atoms with Crippen molar-refractivity contribution in [2.75, 3.05) is 11.5 Å². The highest BCUT2D eigenvalue weighted by molar-refractivity contribution is 7.99. The molecule has 0 amide bonds. The van der Waals surface area contributed by atoms with Crippen LogP contribution < -0.4 is 0 Å². The van der Waals surface area contributed by atoms with Crippen LogP contribution in [0.3, 0.4) is 0 Å². The lowest BCUT2D eigenvalue weighted by Gasteiger charge is -2.25. The number of epoxide rings is 1. The average Bonchev–Trinajstić information content (AvgIpc) is 3.30. The van der Waals surface area contributed by atoms with Gasteiger partial charge in [-0.2, -0.15) is 11.8 Å². The van der Waals surface area contributed by atoms with Crippen molar-refractivity contribution < 1.29 is 19.4 Å². The van der Waals surface area contributed by atoms with Gasteiger partial charge in [-0.1, -0.05) is 44.8 Å². The number of thioether (sulfide) groups is 1. The summed E-state index contributed by atoms with van der Waals surface area (Å²) in [7, 11) is 0. The van der Waals surface area contributed by atoms with Gasteiger partial charge in [0.05, 0.1) is 12.2 Å². The molecule has 3 fully saturated rings. The fraction of sp³-hybridized carbons (Fsp3) is 0.870. The highest BCUT2D eigenvalue weighted by Crippen LogP contribution is 2.56. The predicted octanol–water partition coefficient (Wildman–Crippen LogP) is 5.45. The number of fused-ring (bicyclic) bond motifs is 5. The summed E-state index contributed by atoms with van der Waals surface area (Å²) >= 11 is 2.13. The summed E-state index contributed by atoms with van der Waals surface area (Å²) in [4.78, 5) is 10.6. The molecular weight excluding hydrogens is 372 g/mol. The lowest BCUT2D eigenvalue weighted by Crippen LogP contribution is -2.32. The molecule has 2 bridgehead atoms. The van der Waals surface area contributed by atoms with E-state index in [1.54, 1.807) is 0 Å². The maximum atomic E-state index is 10.6. The Bertz CT molecular complexity index is 509. The quantitative estimate of drug-likeness (QED) is 0.208. The summed E-state index contributed by atoms with van der Waals surface area (Å²) in [6, 6.07) is 0. The van der Waals surface area contributed by atoms with Gasteiger partial charge in [0.25, 0.3) is 0 Å². The molecule has 3 aliphatic heterocycles. The Kier molecular flexibility index (Phi) is 9.19. The van der Waals surface area contributed by atoms with Crippen LogP contribution >= 0.6 is 11.8 Å². The van der Waals surface area contributed by atoms with Crippen LogP contribution in [0.1, 0.15) is 77.6 Å². The molecule has 0 unspecified atom stereocenters. The summed E-state index contributed by atoms with van der Waals surface area (Å²) in [5.41, 5.74) is 0. The number of carboxylic acids is 1. The number of ether oxygens (including phenoxy) is 2. The van der Waals surface area contributed by atoms with Gasteiger partial charge in [-0.05, 0) is 61.9 Å². The number of carboxylic acid groups (broad SMARTS) is 1. The molecule has 6 atom stereocenters. The van der Waals surface area contributed by atoms with Gasteiger partial charge in [-0.15, -0.1) is 0 Å². The van der Waals surface area contributed by atoms with E-state index in [1.807, 2.05) is 0 Å². The van der Waals surface area contributed by atoms with Crippen molar-refractivity contribution in [1.82, 2.24) is 0 Å². The van der Waals surface area contributed by atoms with Crippen LogP contribution in [0.2, 0.25) is 0 Å². The molecule has 0 aromatic carbocycles. The molecule has 0 spiro atoms. The van der Waals surface area contributed by atoms with Gasteiger partial charge in [-0.3, -0.25) is 4.79 Å². The van der Waals surface area contributed by atoms with Gasteiger partial charge in [-0.25, -0.2) is 0 Å². The molecule has 0 aromatic rings. The molecule has 5 heteroatoms. The number of carbonyl (C=O) groups is 1. The summed E-state index contributed by atoms with van der Waals surface area (Å²) in [6.07, 6.45) is 18.1. The van der Waals surface area contributed by atoms with E-state index in [0.717, 1.165) is 19.3 Å². The number of hydrogen-bond acceptors (Lipinski definition) is 4. The van der Waals surface area contributed by atoms with Gasteiger partial charge in [0, 0.05) is 6.42 Å². The SMILES string of the molecule is CCCCCCSCCCC[C@@H]1[C@H](CC=CCCCC(=O)O)[C@H]2O[C@@H]1[C@H]1O[C@H]12. The van der Waals surface area contributed by atoms with E-state index in [4.69, 9.17) is 14.6 Å². The Morgan fingerprint density at radius 1 is 0.893 bits per heavy atom. The standard InChI is InChI=1S/C23H38O4S/c1-2-3-4-10-15-28-16-11-9-13-18-17(12-7-5-6-8-14-19(24)25)20-22-23(27-22)21(18)26-20/h5,7,17-18,20-23H,2-4,6,8-16H2,1H3,(H,24,25)/t17-,18+,20+,21-,22-,23+/m0/s1. The van der Waals surface area contributed by atoms with E-state index >= 15 is 0 Å². The highest BCUT2D eigenvalue weighted by Gasteiger charge is 2.68. The Morgan fingerprint density at radius 2 is 1.61 bits per heavy atom. The van der Waals surface area contributed by atoms with Crippen LogP contribution in [-0.4, -0.2) is 47.0 Å². The summed E-state index contributed by atoms with van der Waals surface area (Å²) in [6.45, 7) is 2.27. The minimum absolute atomic E-state index is 0.262. The van der Waals surface area contributed by atoms with Gasteiger partial charge >= 0.3 is 5.97 Å². The third-order valence-corrected chi connectivity index (χ3v) is 7.63. The Morgan fingerprint density at radius 3 is 2.36 bits per heavy atom. The van der Waals surface area contributed by atoms with Gasteiger partial charge in [0.2, 0.25) is 0 Å². The Balaban J connectivity index is 1.31. The maximum absolute atomic E-state index is 10.6. The maximum Gasteiger partial charge on any atom is 0.303 e. The second-order valence-electron chi connectivity index (χ2n) is 8.62. The molecule has 1 N–H and O–H groups in total. The number of unbranched alkanes of at least 4 members (excludes halogenated alkanes) is 5. The lowest BCUT2D eigenvalue weighted by atomic mass is 9.75. The van der Waals surface area contributed by atoms with Crippen LogP contribution in [0, 0.1) is 11.8 Å². The number of allylic oxidation sites excluding steroid dienone is 2. The number of aliphatic carboxylic acids is 1. The van der Waals surface area contributed by atoms with E-state index in [2.05, 4.69) is 30.8 Å². The van der Waals surface area contributed by atoms with Crippen LogP contribution in [0.4, 0.5) is 0 Å². The first kappa shape index (κ1) is 22.2. The Hall–Kier alpha value is -0.520.